The fraction of sp³-hybridized carbons (Fsp3) is 0.174. The first-order valence-corrected chi connectivity index (χ1v) is 10.5. The van der Waals surface area contributed by atoms with Crippen LogP contribution in [0.25, 0.3) is 11.6 Å². The van der Waals surface area contributed by atoms with Gasteiger partial charge in [0, 0.05) is 5.69 Å². The second-order valence-corrected chi connectivity index (χ2v) is 8.28. The van der Waals surface area contributed by atoms with Crippen LogP contribution in [0.5, 0.6) is 0 Å². The Morgan fingerprint density at radius 2 is 1.83 bits per heavy atom. The molecule has 2 aromatic carbocycles. The number of hydrogen-bond acceptors (Lipinski definition) is 5. The Hall–Kier alpha value is -3.32. The Labute approximate surface area is 179 Å². The Kier molecular flexibility index (Phi) is 5.99. The average molecular weight is 419 g/mol. The van der Waals surface area contributed by atoms with E-state index in [2.05, 4.69) is 15.5 Å². The summed E-state index contributed by atoms with van der Waals surface area (Å²) in [6, 6.07) is 21.5. The van der Waals surface area contributed by atoms with Crippen LogP contribution in [0.1, 0.15) is 18.1 Å². The molecular formula is C23H22N4O2S. The summed E-state index contributed by atoms with van der Waals surface area (Å²) in [5, 5.41) is 11.9. The third-order valence-electron chi connectivity index (χ3n) is 4.61. The van der Waals surface area contributed by atoms with Crippen LogP contribution in [-0.4, -0.2) is 25.9 Å². The lowest BCUT2D eigenvalue weighted by atomic mass is 10.2. The lowest BCUT2D eigenvalue weighted by Gasteiger charge is -2.13. The van der Waals surface area contributed by atoms with Crippen LogP contribution in [0.2, 0.25) is 0 Å². The lowest BCUT2D eigenvalue weighted by Crippen LogP contribution is -2.23. The smallest absolute Gasteiger partial charge is 0.237 e. The van der Waals surface area contributed by atoms with Crippen LogP contribution < -0.4 is 5.32 Å². The molecule has 6 nitrogen and oxygen atoms in total. The minimum Gasteiger partial charge on any atom is -0.461 e. The molecule has 0 spiro atoms. The van der Waals surface area contributed by atoms with Crippen LogP contribution in [0.15, 0.2) is 82.6 Å². The SMILES string of the molecule is Cc1ccc(NC(=O)[C@H](C)Sc2nnc(-c3ccco3)n2Cc2ccccc2)cc1. The van der Waals surface area contributed by atoms with E-state index >= 15 is 0 Å². The number of aromatic nitrogens is 3. The highest BCUT2D eigenvalue weighted by atomic mass is 32.2. The van der Waals surface area contributed by atoms with Crippen molar-refractivity contribution in [2.45, 2.75) is 30.8 Å². The minimum atomic E-state index is -0.352. The van der Waals surface area contributed by atoms with Crippen molar-refractivity contribution in [1.82, 2.24) is 14.8 Å². The lowest BCUT2D eigenvalue weighted by molar-refractivity contribution is -0.115. The summed E-state index contributed by atoms with van der Waals surface area (Å²) in [7, 11) is 0. The topological polar surface area (TPSA) is 73.0 Å². The number of carbonyl (C=O) groups is 1. The molecule has 0 bridgehead atoms. The highest BCUT2D eigenvalue weighted by Gasteiger charge is 2.22. The highest BCUT2D eigenvalue weighted by molar-refractivity contribution is 8.00. The van der Waals surface area contributed by atoms with Gasteiger partial charge in [-0.1, -0.05) is 59.8 Å². The number of benzene rings is 2. The maximum absolute atomic E-state index is 12.7. The van der Waals surface area contributed by atoms with Crippen molar-refractivity contribution in [1.29, 1.82) is 0 Å². The quantitative estimate of drug-likeness (QED) is 0.427. The van der Waals surface area contributed by atoms with Crippen molar-refractivity contribution < 1.29 is 9.21 Å². The van der Waals surface area contributed by atoms with E-state index in [0.717, 1.165) is 16.8 Å². The summed E-state index contributed by atoms with van der Waals surface area (Å²) in [4.78, 5) is 12.7. The average Bonchev–Trinajstić information content (AvgIpc) is 3.41. The van der Waals surface area contributed by atoms with Gasteiger partial charge in [-0.3, -0.25) is 9.36 Å². The predicted molar refractivity (Wildman–Crippen MR) is 118 cm³/mol. The van der Waals surface area contributed by atoms with Gasteiger partial charge >= 0.3 is 0 Å². The second-order valence-electron chi connectivity index (χ2n) is 6.97. The van der Waals surface area contributed by atoms with Crippen molar-refractivity contribution in [2.75, 3.05) is 5.32 Å². The number of furan rings is 1. The molecule has 4 rings (SSSR count). The molecule has 0 saturated carbocycles. The number of rotatable bonds is 7. The molecule has 0 saturated heterocycles. The van der Waals surface area contributed by atoms with Crippen molar-refractivity contribution in [3.05, 3.63) is 84.1 Å². The van der Waals surface area contributed by atoms with E-state index in [1.165, 1.54) is 11.8 Å². The highest BCUT2D eigenvalue weighted by Crippen LogP contribution is 2.28. The van der Waals surface area contributed by atoms with E-state index in [9.17, 15) is 4.79 Å². The van der Waals surface area contributed by atoms with Crippen LogP contribution in [0.3, 0.4) is 0 Å². The normalized spacial score (nSPS) is 11.9. The third-order valence-corrected chi connectivity index (χ3v) is 5.69. The van der Waals surface area contributed by atoms with Crippen molar-refractivity contribution in [3.8, 4) is 11.6 Å². The molecule has 1 amide bonds. The molecule has 2 aromatic heterocycles. The van der Waals surface area contributed by atoms with Crippen molar-refractivity contribution in [2.24, 2.45) is 0 Å². The van der Waals surface area contributed by atoms with Gasteiger partial charge < -0.3 is 9.73 Å². The van der Waals surface area contributed by atoms with Gasteiger partial charge in [0.25, 0.3) is 0 Å². The van der Waals surface area contributed by atoms with Gasteiger partial charge in [-0.15, -0.1) is 10.2 Å². The molecule has 0 aliphatic carbocycles. The van der Waals surface area contributed by atoms with Gasteiger partial charge in [-0.25, -0.2) is 0 Å². The van der Waals surface area contributed by atoms with Gasteiger partial charge in [0.15, 0.2) is 10.9 Å². The van der Waals surface area contributed by atoms with Gasteiger partial charge in [0.1, 0.15) is 0 Å². The predicted octanol–water partition coefficient (Wildman–Crippen LogP) is 5.01. The number of amides is 1. The zero-order chi connectivity index (χ0) is 20.9. The van der Waals surface area contributed by atoms with E-state index in [0.29, 0.717) is 23.3 Å². The molecule has 30 heavy (non-hydrogen) atoms. The molecule has 1 atom stereocenters. The molecule has 7 heteroatoms. The molecule has 0 radical (unpaired) electrons. The number of nitrogens with zero attached hydrogens (tertiary/aromatic N) is 3. The van der Waals surface area contributed by atoms with Crippen LogP contribution in [-0.2, 0) is 11.3 Å². The van der Waals surface area contributed by atoms with Crippen LogP contribution in [0, 0.1) is 6.92 Å². The summed E-state index contributed by atoms with van der Waals surface area (Å²) in [5.74, 6) is 1.19. The van der Waals surface area contributed by atoms with E-state index in [-0.39, 0.29) is 11.2 Å². The van der Waals surface area contributed by atoms with E-state index in [1.54, 1.807) is 6.26 Å². The Morgan fingerprint density at radius 1 is 1.07 bits per heavy atom. The molecule has 0 aliphatic heterocycles. The number of nitrogens with one attached hydrogen (secondary N) is 1. The summed E-state index contributed by atoms with van der Waals surface area (Å²) in [5.41, 5.74) is 3.04. The largest absolute Gasteiger partial charge is 0.461 e. The number of thioether (sulfide) groups is 1. The van der Waals surface area contributed by atoms with Crippen LogP contribution >= 0.6 is 11.8 Å². The number of hydrogen-bond donors (Lipinski definition) is 1. The zero-order valence-corrected chi connectivity index (χ0v) is 17.6. The molecule has 0 fully saturated rings. The Bertz CT molecular complexity index is 1110. The third kappa shape index (κ3) is 4.63. The molecule has 4 aromatic rings. The van der Waals surface area contributed by atoms with E-state index in [1.807, 2.05) is 85.1 Å². The number of aryl methyl sites for hydroxylation is 1. The molecule has 1 N–H and O–H groups in total. The molecular weight excluding hydrogens is 396 g/mol. The van der Waals surface area contributed by atoms with Crippen molar-refractivity contribution in [3.63, 3.8) is 0 Å². The summed E-state index contributed by atoms with van der Waals surface area (Å²) < 4.78 is 7.52. The molecule has 152 valence electrons. The minimum absolute atomic E-state index is 0.0855. The standard InChI is InChI=1S/C23H22N4O2S/c1-16-10-12-19(13-11-16)24-22(28)17(2)30-23-26-25-21(20-9-6-14-29-20)27(23)15-18-7-4-3-5-8-18/h3-14,17H,15H2,1-2H3,(H,24,28)/t17-/m0/s1. The summed E-state index contributed by atoms with van der Waals surface area (Å²) in [6.07, 6.45) is 1.61. The molecule has 0 unspecified atom stereocenters. The van der Waals surface area contributed by atoms with Crippen LogP contribution in [0.4, 0.5) is 5.69 Å². The number of carbonyl (C=O) groups excluding carboxylic acids is 1. The second kappa shape index (κ2) is 9.00. The van der Waals surface area contributed by atoms with Gasteiger partial charge in [-0.05, 0) is 43.7 Å². The molecule has 2 heterocycles. The van der Waals surface area contributed by atoms with Gasteiger partial charge in [0.05, 0.1) is 18.1 Å². The van der Waals surface area contributed by atoms with Gasteiger partial charge in [-0.2, -0.15) is 0 Å². The first-order valence-electron chi connectivity index (χ1n) is 9.65. The Balaban J connectivity index is 1.55. The fourth-order valence-corrected chi connectivity index (χ4v) is 3.81. The maximum Gasteiger partial charge on any atom is 0.237 e. The number of anilines is 1. The monoisotopic (exact) mass is 418 g/mol. The van der Waals surface area contributed by atoms with Crippen molar-refractivity contribution >= 4 is 23.4 Å². The van der Waals surface area contributed by atoms with Gasteiger partial charge in [0.2, 0.25) is 11.7 Å². The van der Waals surface area contributed by atoms with E-state index < -0.39 is 0 Å². The first kappa shape index (κ1) is 20.0. The fourth-order valence-electron chi connectivity index (χ4n) is 2.96. The molecule has 0 aliphatic rings. The first-order chi connectivity index (χ1) is 14.6. The maximum atomic E-state index is 12.7. The van der Waals surface area contributed by atoms with E-state index in [4.69, 9.17) is 4.42 Å². The Morgan fingerprint density at radius 3 is 2.53 bits per heavy atom. The zero-order valence-electron chi connectivity index (χ0n) is 16.8. The summed E-state index contributed by atoms with van der Waals surface area (Å²) >= 11 is 1.37. The summed E-state index contributed by atoms with van der Waals surface area (Å²) in [6.45, 7) is 4.46.